The maximum atomic E-state index is 11.9. The number of benzene rings is 2. The van der Waals surface area contributed by atoms with E-state index in [0.717, 1.165) is 5.56 Å². The van der Waals surface area contributed by atoms with Gasteiger partial charge < -0.3 is 9.47 Å². The molecular formula is C18H14N2O3. The molecule has 1 heterocycles. The summed E-state index contributed by atoms with van der Waals surface area (Å²) in [6.45, 7) is 0.379. The summed E-state index contributed by atoms with van der Waals surface area (Å²) in [6.07, 6.45) is 2.82. The quantitative estimate of drug-likeness (QED) is 0.677. The third-order valence-electron chi connectivity index (χ3n) is 3.04. The molecule has 0 aliphatic rings. The van der Waals surface area contributed by atoms with Crippen LogP contribution >= 0.6 is 0 Å². The summed E-state index contributed by atoms with van der Waals surface area (Å²) in [5.41, 5.74) is 1.49. The number of hydrogen-bond acceptors (Lipinski definition) is 5. The van der Waals surface area contributed by atoms with Crippen LogP contribution in [0.3, 0.4) is 0 Å². The molecule has 1 aromatic heterocycles. The summed E-state index contributed by atoms with van der Waals surface area (Å²) >= 11 is 0. The van der Waals surface area contributed by atoms with Crippen molar-refractivity contribution in [3.8, 4) is 11.8 Å². The maximum Gasteiger partial charge on any atom is 0.343 e. The second-order valence-electron chi connectivity index (χ2n) is 4.73. The van der Waals surface area contributed by atoms with Gasteiger partial charge >= 0.3 is 12.0 Å². The average Bonchev–Trinajstić information content (AvgIpc) is 2.63. The van der Waals surface area contributed by atoms with Gasteiger partial charge in [0.05, 0.1) is 18.0 Å². The lowest BCUT2D eigenvalue weighted by Crippen LogP contribution is -2.09. The summed E-state index contributed by atoms with van der Waals surface area (Å²) in [7, 11) is 0. The van der Waals surface area contributed by atoms with Gasteiger partial charge in [-0.15, -0.1) is 0 Å². The molecule has 23 heavy (non-hydrogen) atoms. The molecule has 5 nitrogen and oxygen atoms in total. The number of carbonyl (C=O) groups is 1. The molecule has 5 heteroatoms. The van der Waals surface area contributed by atoms with Crippen LogP contribution in [0, 0.1) is 0 Å². The minimum atomic E-state index is -0.452. The Morgan fingerprint density at radius 3 is 2.13 bits per heavy atom. The van der Waals surface area contributed by atoms with Crippen LogP contribution < -0.4 is 9.47 Å². The van der Waals surface area contributed by atoms with E-state index in [2.05, 4.69) is 9.97 Å². The van der Waals surface area contributed by atoms with Gasteiger partial charge in [-0.3, -0.25) is 0 Å². The van der Waals surface area contributed by atoms with E-state index in [1.807, 2.05) is 36.4 Å². The van der Waals surface area contributed by atoms with Crippen molar-refractivity contribution in [1.29, 1.82) is 0 Å². The zero-order valence-corrected chi connectivity index (χ0v) is 12.3. The number of esters is 1. The van der Waals surface area contributed by atoms with Crippen LogP contribution in [0.25, 0.3) is 0 Å². The van der Waals surface area contributed by atoms with Gasteiger partial charge in [0.1, 0.15) is 6.61 Å². The Kier molecular flexibility index (Phi) is 4.59. The molecule has 3 rings (SSSR count). The third-order valence-corrected chi connectivity index (χ3v) is 3.04. The van der Waals surface area contributed by atoms with Crippen molar-refractivity contribution in [1.82, 2.24) is 9.97 Å². The summed E-state index contributed by atoms with van der Waals surface area (Å²) in [4.78, 5) is 20.0. The van der Waals surface area contributed by atoms with Gasteiger partial charge in [0.25, 0.3) is 0 Å². The molecule has 0 spiro atoms. The lowest BCUT2D eigenvalue weighted by molar-refractivity contribution is 0.0733. The lowest BCUT2D eigenvalue weighted by Gasteiger charge is -2.06. The van der Waals surface area contributed by atoms with E-state index in [9.17, 15) is 4.79 Å². The highest BCUT2D eigenvalue weighted by Gasteiger charge is 2.08. The molecule has 0 bridgehead atoms. The van der Waals surface area contributed by atoms with Gasteiger partial charge in [-0.1, -0.05) is 48.5 Å². The van der Waals surface area contributed by atoms with E-state index in [-0.39, 0.29) is 11.8 Å². The molecule has 3 aromatic rings. The van der Waals surface area contributed by atoms with Crippen LogP contribution in [0.15, 0.2) is 73.1 Å². The fourth-order valence-electron chi connectivity index (χ4n) is 1.89. The molecule has 114 valence electrons. The summed E-state index contributed by atoms with van der Waals surface area (Å²) < 4.78 is 10.7. The van der Waals surface area contributed by atoms with Crippen LogP contribution in [-0.4, -0.2) is 15.9 Å². The summed E-state index contributed by atoms with van der Waals surface area (Å²) in [6, 6.07) is 18.7. The molecular weight excluding hydrogens is 292 g/mol. The Labute approximate surface area is 133 Å². The van der Waals surface area contributed by atoms with Crippen molar-refractivity contribution >= 4 is 5.97 Å². The van der Waals surface area contributed by atoms with Crippen LogP contribution in [0.5, 0.6) is 11.8 Å². The van der Waals surface area contributed by atoms with E-state index in [1.165, 1.54) is 12.4 Å². The highest BCUT2D eigenvalue weighted by molar-refractivity contribution is 5.90. The van der Waals surface area contributed by atoms with Crippen molar-refractivity contribution in [2.75, 3.05) is 0 Å². The molecule has 0 amide bonds. The zero-order valence-electron chi connectivity index (χ0n) is 12.3. The Bertz CT molecular complexity index is 759. The minimum Gasteiger partial charge on any atom is -0.459 e. The van der Waals surface area contributed by atoms with Gasteiger partial charge in [-0.25, -0.2) is 4.79 Å². The SMILES string of the molecule is O=C(Oc1cnc(OCc2ccccc2)nc1)c1ccccc1. The smallest absolute Gasteiger partial charge is 0.343 e. The fraction of sp³-hybridized carbons (Fsp3) is 0.0556. The predicted octanol–water partition coefficient (Wildman–Crippen LogP) is 3.27. The molecule has 0 N–H and O–H groups in total. The second-order valence-corrected chi connectivity index (χ2v) is 4.73. The zero-order chi connectivity index (χ0) is 15.9. The van der Waals surface area contributed by atoms with Gasteiger partial charge in [-0.2, -0.15) is 9.97 Å². The van der Waals surface area contributed by atoms with E-state index >= 15 is 0 Å². The van der Waals surface area contributed by atoms with Gasteiger partial charge in [0.2, 0.25) is 0 Å². The van der Waals surface area contributed by atoms with Gasteiger partial charge in [0, 0.05) is 0 Å². The first-order chi connectivity index (χ1) is 11.3. The number of hydrogen-bond donors (Lipinski definition) is 0. The van der Waals surface area contributed by atoms with Crippen molar-refractivity contribution in [2.45, 2.75) is 6.61 Å². The van der Waals surface area contributed by atoms with Crippen LogP contribution in [0.2, 0.25) is 0 Å². The second kappa shape index (κ2) is 7.17. The third kappa shape index (κ3) is 4.14. The monoisotopic (exact) mass is 306 g/mol. The molecule has 0 unspecified atom stereocenters. The van der Waals surface area contributed by atoms with Crippen LogP contribution in [0.4, 0.5) is 0 Å². The number of carbonyl (C=O) groups excluding carboxylic acids is 1. The first-order valence-corrected chi connectivity index (χ1v) is 7.07. The Morgan fingerprint density at radius 1 is 0.870 bits per heavy atom. The first-order valence-electron chi connectivity index (χ1n) is 7.07. The van der Waals surface area contributed by atoms with Crippen molar-refractivity contribution < 1.29 is 14.3 Å². The molecule has 2 aromatic carbocycles. The lowest BCUT2D eigenvalue weighted by atomic mass is 10.2. The molecule has 0 saturated heterocycles. The Morgan fingerprint density at radius 2 is 1.48 bits per heavy atom. The minimum absolute atomic E-state index is 0.230. The Balaban J connectivity index is 1.58. The molecule has 0 aliphatic carbocycles. The Hall–Kier alpha value is -3.21. The van der Waals surface area contributed by atoms with E-state index in [4.69, 9.17) is 9.47 Å². The topological polar surface area (TPSA) is 61.3 Å². The highest BCUT2D eigenvalue weighted by atomic mass is 16.5. The molecule has 0 aliphatic heterocycles. The average molecular weight is 306 g/mol. The van der Waals surface area contributed by atoms with Gasteiger partial charge in [-0.05, 0) is 17.7 Å². The normalized spacial score (nSPS) is 10.1. The van der Waals surface area contributed by atoms with E-state index in [1.54, 1.807) is 24.3 Å². The number of aromatic nitrogens is 2. The molecule has 0 saturated carbocycles. The van der Waals surface area contributed by atoms with Crippen molar-refractivity contribution in [3.63, 3.8) is 0 Å². The van der Waals surface area contributed by atoms with Crippen molar-refractivity contribution in [3.05, 3.63) is 84.2 Å². The largest absolute Gasteiger partial charge is 0.459 e. The number of nitrogens with zero attached hydrogens (tertiary/aromatic N) is 2. The molecule has 0 fully saturated rings. The van der Waals surface area contributed by atoms with Gasteiger partial charge in [0.15, 0.2) is 5.75 Å². The maximum absolute atomic E-state index is 11.9. The van der Waals surface area contributed by atoms with E-state index < -0.39 is 5.97 Å². The first kappa shape index (κ1) is 14.7. The number of rotatable bonds is 5. The van der Waals surface area contributed by atoms with Crippen LogP contribution in [-0.2, 0) is 6.61 Å². The van der Waals surface area contributed by atoms with Crippen molar-refractivity contribution in [2.24, 2.45) is 0 Å². The fourth-order valence-corrected chi connectivity index (χ4v) is 1.89. The molecule has 0 radical (unpaired) electrons. The predicted molar refractivity (Wildman–Crippen MR) is 84.2 cm³/mol. The van der Waals surface area contributed by atoms with Crippen LogP contribution in [0.1, 0.15) is 15.9 Å². The highest BCUT2D eigenvalue weighted by Crippen LogP contribution is 2.13. The van der Waals surface area contributed by atoms with E-state index in [0.29, 0.717) is 12.2 Å². The summed E-state index contributed by atoms with van der Waals surface area (Å²) in [5.74, 6) is -0.182. The standard InChI is InChI=1S/C18H14N2O3/c21-17(15-9-5-2-6-10-15)23-16-11-19-18(20-12-16)22-13-14-7-3-1-4-8-14/h1-12H,13H2. The summed E-state index contributed by atoms with van der Waals surface area (Å²) in [5, 5.41) is 0. The number of ether oxygens (including phenoxy) is 2. The molecule has 0 atom stereocenters.